The molecule has 1 rings (SSSR count). The molecule has 0 aliphatic rings. The smallest absolute Gasteiger partial charge is 0.286 e. The molecule has 0 radical (unpaired) electrons. The van der Waals surface area contributed by atoms with Crippen molar-refractivity contribution in [2.75, 3.05) is 6.26 Å². The average Bonchev–Trinajstić information content (AvgIpc) is 2.13. The molecule has 0 saturated carbocycles. The minimum Gasteiger partial charge on any atom is -0.286 e. The maximum absolute atomic E-state index is 10.7. The van der Waals surface area contributed by atoms with Crippen LogP contribution < -0.4 is 0 Å². The summed E-state index contributed by atoms with van der Waals surface area (Å²) in [5.74, 6) is 0. The highest BCUT2D eigenvalue weighted by Gasteiger charge is 2.44. The van der Waals surface area contributed by atoms with Gasteiger partial charge in [0.1, 0.15) is 0 Å². The minimum atomic E-state index is -5.84. The first-order chi connectivity index (χ1) is 8.64. The monoisotopic (exact) mass is 338 g/mol. The Hall–Kier alpha value is -1.17. The van der Waals surface area contributed by atoms with Gasteiger partial charge in [-0.1, -0.05) is 35.9 Å². The number of rotatable bonds is 0. The Bertz CT molecular complexity index is 570. The van der Waals surface area contributed by atoms with Crippen molar-refractivity contribution in [3.63, 3.8) is 0 Å². The van der Waals surface area contributed by atoms with Gasteiger partial charge < -0.3 is 0 Å². The van der Waals surface area contributed by atoms with Gasteiger partial charge in [0.05, 0.1) is 6.26 Å². The molecule has 0 aromatic heterocycles. The van der Waals surface area contributed by atoms with Gasteiger partial charge in [0, 0.05) is 0 Å². The van der Waals surface area contributed by atoms with Crippen molar-refractivity contribution >= 4 is 20.2 Å². The molecule has 1 aromatic carbocycles. The summed E-state index contributed by atoms with van der Waals surface area (Å²) < 4.78 is 83.4. The van der Waals surface area contributed by atoms with E-state index in [1.165, 1.54) is 5.56 Å². The minimum absolute atomic E-state index is 0.715. The van der Waals surface area contributed by atoms with Gasteiger partial charge in [-0.05, 0) is 6.92 Å². The lowest BCUT2D eigenvalue weighted by Crippen LogP contribution is -2.21. The zero-order valence-corrected chi connectivity index (χ0v) is 12.0. The van der Waals surface area contributed by atoms with Crippen LogP contribution in [0.3, 0.4) is 0 Å². The SMILES string of the molecule is CS(=O)(=O)O.Cc1ccccc1.O=S(=O)(O)C(F)(F)F. The molecule has 0 bridgehead atoms. The average molecular weight is 338 g/mol. The first kappa shape index (κ1) is 21.1. The Morgan fingerprint density at radius 3 is 1.30 bits per heavy atom. The molecule has 0 unspecified atom stereocenters. The van der Waals surface area contributed by atoms with Crippen molar-refractivity contribution in [3.8, 4) is 0 Å². The molecule has 2 N–H and O–H groups in total. The van der Waals surface area contributed by atoms with Crippen molar-refractivity contribution < 1.29 is 39.1 Å². The normalized spacial score (nSPS) is 11.6. The number of hydrogen-bond donors (Lipinski definition) is 2. The zero-order valence-electron chi connectivity index (χ0n) is 10.4. The molecule has 0 aliphatic heterocycles. The van der Waals surface area contributed by atoms with Gasteiger partial charge in [-0.25, -0.2) is 0 Å². The Labute approximate surface area is 114 Å². The highest BCUT2D eigenvalue weighted by molar-refractivity contribution is 7.86. The zero-order chi connectivity index (χ0) is 16.6. The molecule has 0 aliphatic carbocycles. The van der Waals surface area contributed by atoms with Crippen LogP contribution in [0, 0.1) is 6.92 Å². The van der Waals surface area contributed by atoms with Crippen molar-refractivity contribution in [3.05, 3.63) is 35.9 Å². The largest absolute Gasteiger partial charge is 0.522 e. The van der Waals surface area contributed by atoms with E-state index in [1.807, 2.05) is 18.2 Å². The van der Waals surface area contributed by atoms with E-state index in [0.29, 0.717) is 6.26 Å². The summed E-state index contributed by atoms with van der Waals surface area (Å²) in [4.78, 5) is 0. The fraction of sp³-hybridized carbons (Fsp3) is 0.333. The van der Waals surface area contributed by atoms with Crippen LogP contribution in [-0.2, 0) is 20.2 Å². The summed E-state index contributed by atoms with van der Waals surface area (Å²) in [7, 11) is -9.51. The first-order valence-corrected chi connectivity index (χ1v) is 7.91. The van der Waals surface area contributed by atoms with E-state index in [-0.39, 0.29) is 0 Å². The lowest BCUT2D eigenvalue weighted by atomic mass is 10.2. The van der Waals surface area contributed by atoms with Crippen molar-refractivity contribution in [2.45, 2.75) is 12.4 Å². The second-order valence-corrected chi connectivity index (χ2v) is 6.19. The fourth-order valence-corrected chi connectivity index (χ4v) is 0.534. The molecule has 118 valence electrons. The predicted octanol–water partition coefficient (Wildman–Crippen LogP) is 1.89. The summed E-state index contributed by atoms with van der Waals surface area (Å²) in [6, 6.07) is 10.3. The van der Waals surface area contributed by atoms with Gasteiger partial charge in [-0.15, -0.1) is 0 Å². The Kier molecular flexibility index (Phi) is 8.66. The van der Waals surface area contributed by atoms with Crippen LogP contribution >= 0.6 is 0 Å². The second kappa shape index (κ2) is 8.19. The van der Waals surface area contributed by atoms with Crippen LogP contribution in [0.4, 0.5) is 13.2 Å². The van der Waals surface area contributed by atoms with E-state index in [1.54, 1.807) is 0 Å². The van der Waals surface area contributed by atoms with Gasteiger partial charge >= 0.3 is 15.6 Å². The standard InChI is InChI=1S/C7H8.CHF3O3S.CH4O3S/c1-7-5-3-2-4-6-7;2-1(3,4)8(5,6)7;1-5(2,3)4/h2-6H,1H3;(H,5,6,7);1H3,(H,2,3,4). The maximum atomic E-state index is 10.7. The van der Waals surface area contributed by atoms with Crippen molar-refractivity contribution in [2.24, 2.45) is 0 Å². The van der Waals surface area contributed by atoms with E-state index < -0.39 is 25.7 Å². The van der Waals surface area contributed by atoms with E-state index in [4.69, 9.17) is 17.5 Å². The fourth-order valence-electron chi connectivity index (χ4n) is 0.534. The third-order valence-electron chi connectivity index (χ3n) is 1.23. The molecule has 0 heterocycles. The Morgan fingerprint density at radius 2 is 1.20 bits per heavy atom. The summed E-state index contributed by atoms with van der Waals surface area (Å²) in [5.41, 5.74) is -4.21. The van der Waals surface area contributed by atoms with Gasteiger partial charge in [0.2, 0.25) is 0 Å². The number of benzene rings is 1. The molecule has 0 atom stereocenters. The number of alkyl halides is 3. The third kappa shape index (κ3) is 16.8. The van der Waals surface area contributed by atoms with Gasteiger partial charge in [0.15, 0.2) is 0 Å². The molecule has 0 fully saturated rings. The van der Waals surface area contributed by atoms with E-state index >= 15 is 0 Å². The molecule has 0 amide bonds. The topological polar surface area (TPSA) is 109 Å². The predicted molar refractivity (Wildman–Crippen MR) is 66.3 cm³/mol. The molecule has 20 heavy (non-hydrogen) atoms. The summed E-state index contributed by atoms with van der Waals surface area (Å²) in [5, 5.41) is 0. The van der Waals surface area contributed by atoms with Crippen LogP contribution in [-0.4, -0.2) is 37.7 Å². The van der Waals surface area contributed by atoms with Crippen LogP contribution in [0.1, 0.15) is 5.56 Å². The van der Waals surface area contributed by atoms with Crippen LogP contribution in [0.15, 0.2) is 30.3 Å². The molecule has 0 spiro atoms. The maximum Gasteiger partial charge on any atom is 0.522 e. The van der Waals surface area contributed by atoms with Crippen LogP contribution in [0.2, 0.25) is 0 Å². The van der Waals surface area contributed by atoms with Crippen molar-refractivity contribution in [1.29, 1.82) is 0 Å². The van der Waals surface area contributed by atoms with Gasteiger partial charge in [-0.2, -0.15) is 30.0 Å². The molecule has 6 nitrogen and oxygen atoms in total. The summed E-state index contributed by atoms with van der Waals surface area (Å²) in [6.07, 6.45) is 0.715. The van der Waals surface area contributed by atoms with Crippen molar-refractivity contribution in [1.82, 2.24) is 0 Å². The molecular weight excluding hydrogens is 325 g/mol. The number of halogens is 3. The third-order valence-corrected chi connectivity index (χ3v) is 1.82. The van der Waals surface area contributed by atoms with E-state index in [0.717, 1.165) is 0 Å². The number of aryl methyl sites for hydroxylation is 1. The summed E-state index contributed by atoms with van der Waals surface area (Å²) >= 11 is 0. The summed E-state index contributed by atoms with van der Waals surface area (Å²) in [6.45, 7) is 2.08. The first-order valence-electron chi connectivity index (χ1n) is 4.62. The molecule has 0 saturated heterocycles. The van der Waals surface area contributed by atoms with E-state index in [2.05, 4.69) is 19.1 Å². The highest BCUT2D eigenvalue weighted by atomic mass is 32.2. The lowest BCUT2D eigenvalue weighted by Gasteiger charge is -1.97. The number of hydrogen-bond acceptors (Lipinski definition) is 4. The lowest BCUT2D eigenvalue weighted by molar-refractivity contribution is -0.0510. The molecule has 11 heteroatoms. The molecular formula is C9H13F3O6S2. The molecule has 1 aromatic rings. The second-order valence-electron chi connectivity index (χ2n) is 3.31. The van der Waals surface area contributed by atoms with Gasteiger partial charge in [0.25, 0.3) is 10.1 Å². The van der Waals surface area contributed by atoms with Gasteiger partial charge in [-0.3, -0.25) is 9.11 Å². The van der Waals surface area contributed by atoms with Crippen LogP contribution in [0.5, 0.6) is 0 Å². The van der Waals surface area contributed by atoms with E-state index in [9.17, 15) is 21.6 Å². The Morgan fingerprint density at radius 1 is 0.950 bits per heavy atom. The Balaban J connectivity index is 0. The highest BCUT2D eigenvalue weighted by Crippen LogP contribution is 2.20. The van der Waals surface area contributed by atoms with Crippen LogP contribution in [0.25, 0.3) is 0 Å². The quantitative estimate of drug-likeness (QED) is 0.552.